The Bertz CT molecular complexity index is 741. The molecular weight excluding hydrogens is 360 g/mol. The van der Waals surface area contributed by atoms with Crippen LogP contribution < -0.4 is 4.74 Å². The number of likely N-dealkylation sites (N-methyl/N-ethyl adjacent to an activating group) is 1. The summed E-state index contributed by atoms with van der Waals surface area (Å²) in [6, 6.07) is 7.62. The van der Waals surface area contributed by atoms with E-state index >= 15 is 0 Å². The first-order valence-electron chi connectivity index (χ1n) is 9.75. The van der Waals surface area contributed by atoms with E-state index in [1.807, 2.05) is 41.1 Å². The first-order chi connectivity index (χ1) is 13.7. The van der Waals surface area contributed by atoms with E-state index in [0.717, 1.165) is 30.8 Å². The van der Waals surface area contributed by atoms with Crippen LogP contribution in [0.2, 0.25) is 0 Å². The van der Waals surface area contributed by atoms with E-state index < -0.39 is 0 Å². The maximum absolute atomic E-state index is 12.3. The summed E-state index contributed by atoms with van der Waals surface area (Å²) in [5.74, 6) is 1.86. The number of benzene rings is 1. The Kier molecular flexibility index (Phi) is 7.39. The Balaban J connectivity index is 1.51. The van der Waals surface area contributed by atoms with Crippen LogP contribution in [0.5, 0.6) is 5.75 Å². The molecule has 8 heteroatoms. The van der Waals surface area contributed by atoms with Crippen molar-refractivity contribution in [3.63, 3.8) is 0 Å². The minimum Gasteiger partial charge on any atom is -0.494 e. The molecule has 0 unspecified atom stereocenters. The molecule has 1 aliphatic heterocycles. The van der Waals surface area contributed by atoms with Gasteiger partial charge in [-0.25, -0.2) is 0 Å². The topological polar surface area (TPSA) is 80.9 Å². The zero-order valence-electron chi connectivity index (χ0n) is 16.6. The predicted octanol–water partition coefficient (Wildman–Crippen LogP) is 2.21. The fourth-order valence-corrected chi connectivity index (χ4v) is 2.89. The second kappa shape index (κ2) is 10.2. The van der Waals surface area contributed by atoms with Crippen molar-refractivity contribution >= 4 is 5.91 Å². The Morgan fingerprint density at radius 1 is 1.21 bits per heavy atom. The summed E-state index contributed by atoms with van der Waals surface area (Å²) in [6.07, 6.45) is 2.14. The summed E-state index contributed by atoms with van der Waals surface area (Å²) < 4.78 is 16.7. The lowest BCUT2D eigenvalue weighted by Gasteiger charge is -2.28. The third-order valence-corrected chi connectivity index (χ3v) is 4.51. The molecule has 0 radical (unpaired) electrons. The van der Waals surface area contributed by atoms with E-state index in [9.17, 15) is 4.79 Å². The number of nitrogens with zero attached hydrogens (tertiary/aromatic N) is 4. The molecule has 0 aliphatic carbocycles. The van der Waals surface area contributed by atoms with Crippen molar-refractivity contribution in [3.8, 4) is 17.2 Å². The number of rotatable bonds is 9. The molecule has 1 aliphatic rings. The van der Waals surface area contributed by atoms with Crippen molar-refractivity contribution in [1.29, 1.82) is 0 Å². The third-order valence-electron chi connectivity index (χ3n) is 4.51. The summed E-state index contributed by atoms with van der Waals surface area (Å²) in [5, 5.41) is 8.22. The second-order valence-corrected chi connectivity index (χ2v) is 6.89. The van der Waals surface area contributed by atoms with Crippen LogP contribution in [0.4, 0.5) is 0 Å². The predicted molar refractivity (Wildman–Crippen MR) is 104 cm³/mol. The molecule has 0 N–H and O–H groups in total. The number of unbranched alkanes of at least 4 members (excludes halogenated alkanes) is 1. The quantitative estimate of drug-likeness (QED) is 0.609. The fourth-order valence-electron chi connectivity index (χ4n) is 2.89. The Labute approximate surface area is 165 Å². The van der Waals surface area contributed by atoms with Gasteiger partial charge in [-0.1, -0.05) is 13.3 Å². The molecule has 0 bridgehead atoms. The van der Waals surface area contributed by atoms with Gasteiger partial charge in [-0.05, 0) is 37.7 Å². The number of ether oxygens (including phenoxy) is 2. The monoisotopic (exact) mass is 388 g/mol. The molecule has 1 aromatic carbocycles. The van der Waals surface area contributed by atoms with Crippen molar-refractivity contribution in [2.45, 2.75) is 26.3 Å². The second-order valence-electron chi connectivity index (χ2n) is 6.89. The van der Waals surface area contributed by atoms with E-state index in [4.69, 9.17) is 13.9 Å². The summed E-state index contributed by atoms with van der Waals surface area (Å²) in [5.41, 5.74) is 0.841. The molecule has 0 saturated carbocycles. The Hall–Kier alpha value is -2.45. The molecule has 1 fully saturated rings. The molecule has 1 saturated heterocycles. The highest BCUT2D eigenvalue weighted by Gasteiger charge is 2.19. The molecule has 2 heterocycles. The molecule has 28 heavy (non-hydrogen) atoms. The first-order valence-corrected chi connectivity index (χ1v) is 9.75. The highest BCUT2D eigenvalue weighted by atomic mass is 16.5. The number of hydrogen-bond donors (Lipinski definition) is 0. The van der Waals surface area contributed by atoms with Gasteiger partial charge in [0.1, 0.15) is 5.75 Å². The van der Waals surface area contributed by atoms with Gasteiger partial charge >= 0.3 is 0 Å². The van der Waals surface area contributed by atoms with Gasteiger partial charge in [0.25, 0.3) is 0 Å². The van der Waals surface area contributed by atoms with Gasteiger partial charge < -0.3 is 18.8 Å². The van der Waals surface area contributed by atoms with Crippen molar-refractivity contribution in [2.24, 2.45) is 0 Å². The minimum absolute atomic E-state index is 0.0872. The third kappa shape index (κ3) is 5.77. The highest BCUT2D eigenvalue weighted by molar-refractivity contribution is 5.78. The molecule has 3 rings (SSSR count). The van der Waals surface area contributed by atoms with Gasteiger partial charge in [0.15, 0.2) is 0 Å². The van der Waals surface area contributed by atoms with E-state index in [-0.39, 0.29) is 5.91 Å². The lowest BCUT2D eigenvalue weighted by atomic mass is 10.2. The number of carbonyl (C=O) groups excluding carboxylic acids is 1. The van der Waals surface area contributed by atoms with Crippen LogP contribution in [0.15, 0.2) is 28.7 Å². The van der Waals surface area contributed by atoms with Gasteiger partial charge in [-0.3, -0.25) is 9.69 Å². The summed E-state index contributed by atoms with van der Waals surface area (Å²) >= 11 is 0. The molecule has 152 valence electrons. The standard InChI is InChI=1S/C20H28N4O4/c1-3-4-11-27-17-7-5-16(6-8-17)20-22-21-18(28-20)14-23(2)15-19(25)24-9-12-26-13-10-24/h5-8H,3-4,9-15H2,1-2H3. The molecule has 1 aromatic heterocycles. The zero-order chi connectivity index (χ0) is 19.8. The summed E-state index contributed by atoms with van der Waals surface area (Å²) in [7, 11) is 1.87. The van der Waals surface area contributed by atoms with E-state index in [1.165, 1.54) is 0 Å². The van der Waals surface area contributed by atoms with Gasteiger partial charge in [0, 0.05) is 18.7 Å². The van der Waals surface area contributed by atoms with Crippen molar-refractivity contribution in [3.05, 3.63) is 30.2 Å². The van der Waals surface area contributed by atoms with E-state index in [0.29, 0.717) is 51.2 Å². The maximum atomic E-state index is 12.3. The number of carbonyl (C=O) groups is 1. The van der Waals surface area contributed by atoms with Crippen LogP contribution in [0, 0.1) is 0 Å². The molecular formula is C20H28N4O4. The number of hydrogen-bond acceptors (Lipinski definition) is 7. The van der Waals surface area contributed by atoms with Crippen LogP contribution in [-0.4, -0.2) is 72.4 Å². The first kappa shape index (κ1) is 20.3. The van der Waals surface area contributed by atoms with Gasteiger partial charge in [0.05, 0.1) is 32.9 Å². The average molecular weight is 388 g/mol. The SMILES string of the molecule is CCCCOc1ccc(-c2nnc(CN(C)CC(=O)N3CCOCC3)o2)cc1. The smallest absolute Gasteiger partial charge is 0.247 e. The Morgan fingerprint density at radius 2 is 1.96 bits per heavy atom. The fraction of sp³-hybridized carbons (Fsp3) is 0.550. The van der Waals surface area contributed by atoms with Gasteiger partial charge in [0.2, 0.25) is 17.7 Å². The zero-order valence-corrected chi connectivity index (χ0v) is 16.6. The van der Waals surface area contributed by atoms with Gasteiger partial charge in [-0.15, -0.1) is 10.2 Å². The summed E-state index contributed by atoms with van der Waals surface area (Å²) in [4.78, 5) is 16.0. The van der Waals surface area contributed by atoms with Crippen LogP contribution in [0.3, 0.4) is 0 Å². The van der Waals surface area contributed by atoms with Gasteiger partial charge in [-0.2, -0.15) is 0 Å². The average Bonchev–Trinajstić information content (AvgIpc) is 3.17. The Morgan fingerprint density at radius 3 is 2.68 bits per heavy atom. The number of morpholine rings is 1. The largest absolute Gasteiger partial charge is 0.494 e. The number of amides is 1. The maximum Gasteiger partial charge on any atom is 0.247 e. The van der Waals surface area contributed by atoms with Crippen LogP contribution in [-0.2, 0) is 16.1 Å². The summed E-state index contributed by atoms with van der Waals surface area (Å²) in [6.45, 7) is 6.08. The van der Waals surface area contributed by atoms with Crippen LogP contribution >= 0.6 is 0 Å². The highest BCUT2D eigenvalue weighted by Crippen LogP contribution is 2.22. The molecule has 2 aromatic rings. The van der Waals surface area contributed by atoms with E-state index in [2.05, 4.69) is 17.1 Å². The molecule has 0 atom stereocenters. The molecule has 8 nitrogen and oxygen atoms in total. The molecule has 1 amide bonds. The normalized spacial score (nSPS) is 14.5. The lowest BCUT2D eigenvalue weighted by molar-refractivity contribution is -0.136. The van der Waals surface area contributed by atoms with Crippen LogP contribution in [0.1, 0.15) is 25.7 Å². The molecule has 0 spiro atoms. The van der Waals surface area contributed by atoms with Crippen molar-refractivity contribution < 1.29 is 18.7 Å². The number of aromatic nitrogens is 2. The van der Waals surface area contributed by atoms with Crippen LogP contribution in [0.25, 0.3) is 11.5 Å². The van der Waals surface area contributed by atoms with Crippen molar-refractivity contribution in [2.75, 3.05) is 46.5 Å². The van der Waals surface area contributed by atoms with E-state index in [1.54, 1.807) is 0 Å². The minimum atomic E-state index is 0.0872. The lowest BCUT2D eigenvalue weighted by Crippen LogP contribution is -2.44. The van der Waals surface area contributed by atoms with Crippen molar-refractivity contribution in [1.82, 2.24) is 20.0 Å².